The molecule has 1 fully saturated rings. The summed E-state index contributed by atoms with van der Waals surface area (Å²) in [6.07, 6.45) is 0.361. The van der Waals surface area contributed by atoms with Crippen LogP contribution in [0.4, 0.5) is 10.5 Å². The highest BCUT2D eigenvalue weighted by molar-refractivity contribution is 5.77. The maximum atomic E-state index is 12.5. The van der Waals surface area contributed by atoms with Crippen LogP contribution in [0.2, 0.25) is 0 Å². The smallest absolute Gasteiger partial charge is 0.412 e. The van der Waals surface area contributed by atoms with Gasteiger partial charge in [0, 0.05) is 18.7 Å². The second-order valence-corrected chi connectivity index (χ2v) is 9.30. The van der Waals surface area contributed by atoms with Gasteiger partial charge in [0.15, 0.2) is 17.1 Å². The van der Waals surface area contributed by atoms with Crippen molar-refractivity contribution in [1.82, 2.24) is 19.9 Å². The quantitative estimate of drug-likeness (QED) is 0.409. The number of aryl methyl sites for hydroxylation is 3. The summed E-state index contributed by atoms with van der Waals surface area (Å²) in [5.74, 6) is 1.85. The number of rotatable bonds is 6. The molecule has 1 saturated heterocycles. The van der Waals surface area contributed by atoms with Crippen molar-refractivity contribution in [3.63, 3.8) is 0 Å². The predicted molar refractivity (Wildman–Crippen MR) is 142 cm³/mol. The molecule has 9 heteroatoms. The van der Waals surface area contributed by atoms with Crippen LogP contribution in [0.25, 0.3) is 16.9 Å². The Labute approximate surface area is 216 Å². The van der Waals surface area contributed by atoms with E-state index in [1.165, 1.54) is 0 Å². The molecule has 1 atom stereocenters. The number of methoxy groups -OCH3 is 2. The SMILES string of the molecule is COc1ccc(-c2c(C)nc3c(N4CC[C@@H](NC(=O)Oc5cccc(C)c5)C4)cc(C)nn23)cc1OC. The predicted octanol–water partition coefficient (Wildman–Crippen LogP) is 4.71. The number of carbonyl (C=O) groups excluding carboxylic acids is 1. The lowest BCUT2D eigenvalue weighted by Crippen LogP contribution is -2.38. The molecule has 5 rings (SSSR count). The molecule has 2 aromatic heterocycles. The number of nitrogens with zero attached hydrogens (tertiary/aromatic N) is 4. The van der Waals surface area contributed by atoms with E-state index in [1.54, 1.807) is 20.3 Å². The number of imidazole rings is 1. The van der Waals surface area contributed by atoms with E-state index in [0.717, 1.165) is 52.5 Å². The minimum Gasteiger partial charge on any atom is -0.493 e. The van der Waals surface area contributed by atoms with Gasteiger partial charge in [0.25, 0.3) is 0 Å². The number of aromatic nitrogens is 3. The van der Waals surface area contributed by atoms with Crippen molar-refractivity contribution in [2.45, 2.75) is 33.2 Å². The molecular formula is C28H31N5O4. The lowest BCUT2D eigenvalue weighted by atomic mass is 10.1. The van der Waals surface area contributed by atoms with Gasteiger partial charge in [-0.25, -0.2) is 14.3 Å². The summed E-state index contributed by atoms with van der Waals surface area (Å²) >= 11 is 0. The van der Waals surface area contributed by atoms with Crippen LogP contribution < -0.4 is 24.4 Å². The molecule has 0 spiro atoms. The summed E-state index contributed by atoms with van der Waals surface area (Å²) in [5, 5.41) is 7.79. The van der Waals surface area contributed by atoms with Crippen LogP contribution in [0, 0.1) is 20.8 Å². The fraction of sp³-hybridized carbons (Fsp3) is 0.321. The zero-order chi connectivity index (χ0) is 26.1. The molecule has 1 aliphatic heterocycles. The Morgan fingerprint density at radius 2 is 1.84 bits per heavy atom. The largest absolute Gasteiger partial charge is 0.493 e. The lowest BCUT2D eigenvalue weighted by Gasteiger charge is -2.20. The summed E-state index contributed by atoms with van der Waals surface area (Å²) in [4.78, 5) is 19.6. The Morgan fingerprint density at radius 1 is 1.03 bits per heavy atom. The van der Waals surface area contributed by atoms with E-state index < -0.39 is 6.09 Å². The normalized spacial score (nSPS) is 15.2. The van der Waals surface area contributed by atoms with Crippen LogP contribution in [-0.2, 0) is 0 Å². The van der Waals surface area contributed by atoms with Gasteiger partial charge < -0.3 is 24.4 Å². The van der Waals surface area contributed by atoms with E-state index in [2.05, 4.69) is 10.2 Å². The van der Waals surface area contributed by atoms with E-state index in [0.29, 0.717) is 23.8 Å². The van der Waals surface area contributed by atoms with Crippen LogP contribution in [0.15, 0.2) is 48.5 Å². The molecule has 37 heavy (non-hydrogen) atoms. The zero-order valence-corrected chi connectivity index (χ0v) is 21.7. The monoisotopic (exact) mass is 501 g/mol. The first-order valence-corrected chi connectivity index (χ1v) is 12.3. The van der Waals surface area contributed by atoms with E-state index in [9.17, 15) is 4.79 Å². The number of nitrogens with one attached hydrogen (secondary N) is 1. The van der Waals surface area contributed by atoms with Crippen LogP contribution in [-0.4, -0.2) is 54.0 Å². The van der Waals surface area contributed by atoms with Gasteiger partial charge in [0.1, 0.15) is 5.75 Å². The molecule has 2 aromatic carbocycles. The molecule has 0 bridgehead atoms. The Bertz CT molecular complexity index is 1460. The highest BCUT2D eigenvalue weighted by Gasteiger charge is 2.28. The van der Waals surface area contributed by atoms with Gasteiger partial charge >= 0.3 is 6.09 Å². The van der Waals surface area contributed by atoms with Crippen molar-refractivity contribution in [3.05, 3.63) is 65.5 Å². The molecule has 1 aliphatic rings. The fourth-order valence-corrected chi connectivity index (χ4v) is 4.86. The minimum atomic E-state index is -0.444. The molecule has 9 nitrogen and oxygen atoms in total. The Morgan fingerprint density at radius 3 is 2.59 bits per heavy atom. The average molecular weight is 502 g/mol. The van der Waals surface area contributed by atoms with Crippen molar-refractivity contribution >= 4 is 17.4 Å². The Kier molecular flexibility index (Phi) is 6.60. The number of carbonyl (C=O) groups is 1. The van der Waals surface area contributed by atoms with E-state index in [4.69, 9.17) is 24.3 Å². The van der Waals surface area contributed by atoms with Crippen LogP contribution in [0.1, 0.15) is 23.4 Å². The number of ether oxygens (including phenoxy) is 3. The van der Waals surface area contributed by atoms with Crippen molar-refractivity contribution in [2.24, 2.45) is 0 Å². The number of amides is 1. The molecule has 1 N–H and O–H groups in total. The summed E-state index contributed by atoms with van der Waals surface area (Å²) < 4.78 is 18.3. The number of hydrogen-bond acceptors (Lipinski definition) is 7. The lowest BCUT2D eigenvalue weighted by molar-refractivity contribution is 0.197. The molecule has 0 radical (unpaired) electrons. The molecule has 192 valence electrons. The third-order valence-electron chi connectivity index (χ3n) is 6.57. The van der Waals surface area contributed by atoms with Gasteiger partial charge in [-0.1, -0.05) is 12.1 Å². The van der Waals surface area contributed by atoms with Gasteiger partial charge in [-0.2, -0.15) is 5.10 Å². The van der Waals surface area contributed by atoms with Gasteiger partial charge in [-0.3, -0.25) is 0 Å². The molecule has 3 heterocycles. The van der Waals surface area contributed by atoms with Gasteiger partial charge in [0.2, 0.25) is 0 Å². The number of hydrogen-bond donors (Lipinski definition) is 1. The number of benzene rings is 2. The summed E-state index contributed by atoms with van der Waals surface area (Å²) in [6.45, 7) is 7.36. The molecule has 4 aromatic rings. The average Bonchev–Trinajstić information content (AvgIpc) is 3.46. The Hall–Kier alpha value is -4.27. The number of fused-ring (bicyclic) bond motifs is 1. The fourth-order valence-electron chi connectivity index (χ4n) is 4.86. The topological polar surface area (TPSA) is 90.2 Å². The Balaban J connectivity index is 1.39. The van der Waals surface area contributed by atoms with Crippen molar-refractivity contribution < 1.29 is 19.0 Å². The summed E-state index contributed by atoms with van der Waals surface area (Å²) in [6, 6.07) is 15.3. The minimum absolute atomic E-state index is 0.0350. The van der Waals surface area contributed by atoms with Crippen molar-refractivity contribution in [1.29, 1.82) is 0 Å². The van der Waals surface area contributed by atoms with Crippen molar-refractivity contribution in [2.75, 3.05) is 32.2 Å². The summed E-state index contributed by atoms with van der Waals surface area (Å²) in [7, 11) is 3.24. The van der Waals surface area contributed by atoms with Gasteiger partial charge in [0.05, 0.1) is 43.0 Å². The summed E-state index contributed by atoms with van der Waals surface area (Å²) in [5.41, 5.74) is 6.37. The number of anilines is 1. The standard InChI is InChI=1S/C28H31N5O4/c1-17-7-6-8-22(13-17)37-28(34)30-21-11-12-32(16-21)23-14-18(2)31-33-26(19(3)29-27(23)33)20-9-10-24(35-4)25(15-20)36-5/h6-10,13-15,21H,11-12,16H2,1-5H3,(H,30,34)/t21-/m1/s1. The second kappa shape index (κ2) is 10.0. The maximum absolute atomic E-state index is 12.5. The highest BCUT2D eigenvalue weighted by atomic mass is 16.6. The molecule has 0 unspecified atom stereocenters. The highest BCUT2D eigenvalue weighted by Crippen LogP contribution is 2.35. The van der Waals surface area contributed by atoms with Gasteiger partial charge in [-0.05, 0) is 69.2 Å². The first kappa shape index (κ1) is 24.4. The molecular weight excluding hydrogens is 470 g/mol. The first-order valence-electron chi connectivity index (χ1n) is 12.3. The van der Waals surface area contributed by atoms with Gasteiger partial charge in [-0.15, -0.1) is 0 Å². The second-order valence-electron chi connectivity index (χ2n) is 9.30. The van der Waals surface area contributed by atoms with Crippen LogP contribution in [0.5, 0.6) is 17.2 Å². The van der Waals surface area contributed by atoms with Crippen LogP contribution >= 0.6 is 0 Å². The molecule has 0 aliphatic carbocycles. The first-order chi connectivity index (χ1) is 17.9. The molecule has 0 saturated carbocycles. The molecule has 1 amide bonds. The van der Waals surface area contributed by atoms with E-state index in [1.807, 2.05) is 67.8 Å². The zero-order valence-electron chi connectivity index (χ0n) is 21.7. The van der Waals surface area contributed by atoms with Crippen molar-refractivity contribution in [3.8, 4) is 28.5 Å². The van der Waals surface area contributed by atoms with E-state index in [-0.39, 0.29) is 6.04 Å². The van der Waals surface area contributed by atoms with Crippen LogP contribution in [0.3, 0.4) is 0 Å². The maximum Gasteiger partial charge on any atom is 0.412 e. The third-order valence-corrected chi connectivity index (χ3v) is 6.57. The van der Waals surface area contributed by atoms with E-state index >= 15 is 0 Å². The third kappa shape index (κ3) is 4.89.